The second-order valence-electron chi connectivity index (χ2n) is 4.87. The van der Waals surface area contributed by atoms with Gasteiger partial charge in [-0.15, -0.1) is 0 Å². The summed E-state index contributed by atoms with van der Waals surface area (Å²) in [6.45, 7) is 1.87. The Morgan fingerprint density at radius 3 is 2.89 bits per heavy atom. The third-order valence-electron chi connectivity index (χ3n) is 3.32. The number of rotatable bonds is 4. The van der Waals surface area contributed by atoms with Crippen molar-refractivity contribution in [2.45, 2.75) is 25.7 Å². The summed E-state index contributed by atoms with van der Waals surface area (Å²) >= 11 is 0. The summed E-state index contributed by atoms with van der Waals surface area (Å²) in [6.07, 6.45) is 2.67. The smallest absolute Gasteiger partial charge is 0.137 e. The lowest BCUT2D eigenvalue weighted by Gasteiger charge is -2.21. The highest BCUT2D eigenvalue weighted by atomic mass is 19.1. The van der Waals surface area contributed by atoms with Crippen molar-refractivity contribution < 1.29 is 13.6 Å². The SMILES string of the molecule is O=C(Cc1ccc(F)cc1F)CC1CCCNC1. The van der Waals surface area contributed by atoms with Crippen LogP contribution in [-0.2, 0) is 11.2 Å². The van der Waals surface area contributed by atoms with E-state index >= 15 is 0 Å². The first-order chi connectivity index (χ1) is 8.65. The molecular formula is C14H17F2NO. The zero-order chi connectivity index (χ0) is 13.0. The van der Waals surface area contributed by atoms with Gasteiger partial charge in [0.25, 0.3) is 0 Å². The molecular weight excluding hydrogens is 236 g/mol. The van der Waals surface area contributed by atoms with Crippen molar-refractivity contribution in [3.8, 4) is 0 Å². The number of Topliss-reactive ketones (excluding diaryl/α,β-unsaturated/α-hetero) is 1. The van der Waals surface area contributed by atoms with Gasteiger partial charge in [0.15, 0.2) is 0 Å². The van der Waals surface area contributed by atoms with Crippen molar-refractivity contribution >= 4 is 5.78 Å². The maximum atomic E-state index is 13.4. The minimum absolute atomic E-state index is 0.0224. The van der Waals surface area contributed by atoms with Crippen LogP contribution in [0.4, 0.5) is 8.78 Å². The Bertz CT molecular complexity index is 428. The number of carbonyl (C=O) groups excluding carboxylic acids is 1. The number of ketones is 1. The molecule has 1 fully saturated rings. The summed E-state index contributed by atoms with van der Waals surface area (Å²) in [4.78, 5) is 11.8. The van der Waals surface area contributed by atoms with Crippen molar-refractivity contribution in [3.05, 3.63) is 35.4 Å². The van der Waals surface area contributed by atoms with Crippen LogP contribution >= 0.6 is 0 Å². The molecule has 18 heavy (non-hydrogen) atoms. The van der Waals surface area contributed by atoms with Gasteiger partial charge in [-0.25, -0.2) is 8.78 Å². The average molecular weight is 253 g/mol. The summed E-state index contributed by atoms with van der Waals surface area (Å²) in [7, 11) is 0. The van der Waals surface area contributed by atoms with Crippen LogP contribution in [0.15, 0.2) is 18.2 Å². The molecule has 98 valence electrons. The largest absolute Gasteiger partial charge is 0.316 e. The van der Waals surface area contributed by atoms with Crippen molar-refractivity contribution in [1.29, 1.82) is 0 Å². The van der Waals surface area contributed by atoms with Crippen LogP contribution in [0.5, 0.6) is 0 Å². The average Bonchev–Trinajstić information content (AvgIpc) is 2.34. The standard InChI is InChI=1S/C14H17F2NO/c15-12-4-3-11(14(16)8-12)7-13(18)6-10-2-1-5-17-9-10/h3-4,8,10,17H,1-2,5-7,9H2. The second-order valence-corrected chi connectivity index (χ2v) is 4.87. The van der Waals surface area contributed by atoms with Gasteiger partial charge in [0.2, 0.25) is 0 Å². The van der Waals surface area contributed by atoms with Crippen molar-refractivity contribution in [3.63, 3.8) is 0 Å². The van der Waals surface area contributed by atoms with Gasteiger partial charge in [-0.2, -0.15) is 0 Å². The normalized spacial score (nSPS) is 19.8. The van der Waals surface area contributed by atoms with Crippen LogP contribution in [-0.4, -0.2) is 18.9 Å². The van der Waals surface area contributed by atoms with E-state index in [1.165, 1.54) is 12.1 Å². The molecule has 0 bridgehead atoms. The molecule has 0 spiro atoms. The summed E-state index contributed by atoms with van der Waals surface area (Å²) in [5.74, 6) is -0.866. The summed E-state index contributed by atoms with van der Waals surface area (Å²) in [6, 6.07) is 3.36. The van der Waals surface area contributed by atoms with Gasteiger partial charge in [-0.05, 0) is 43.5 Å². The zero-order valence-electron chi connectivity index (χ0n) is 10.2. The van der Waals surface area contributed by atoms with E-state index in [9.17, 15) is 13.6 Å². The minimum Gasteiger partial charge on any atom is -0.316 e. The first-order valence-electron chi connectivity index (χ1n) is 6.31. The molecule has 0 radical (unpaired) electrons. The fourth-order valence-corrected chi connectivity index (χ4v) is 2.37. The van der Waals surface area contributed by atoms with Gasteiger partial charge in [0, 0.05) is 18.9 Å². The lowest BCUT2D eigenvalue weighted by atomic mass is 9.92. The molecule has 0 aromatic heterocycles. The van der Waals surface area contributed by atoms with Crippen LogP contribution < -0.4 is 5.32 Å². The van der Waals surface area contributed by atoms with Gasteiger partial charge in [0.05, 0.1) is 0 Å². The fourth-order valence-electron chi connectivity index (χ4n) is 2.37. The number of piperidine rings is 1. The Balaban J connectivity index is 1.90. The number of hydrogen-bond acceptors (Lipinski definition) is 2. The Hall–Kier alpha value is -1.29. The van der Waals surface area contributed by atoms with E-state index in [-0.39, 0.29) is 17.8 Å². The molecule has 4 heteroatoms. The molecule has 0 saturated carbocycles. The molecule has 1 aliphatic rings. The molecule has 0 aliphatic carbocycles. The first kappa shape index (κ1) is 13.1. The fraction of sp³-hybridized carbons (Fsp3) is 0.500. The van der Waals surface area contributed by atoms with Crippen molar-refractivity contribution in [2.75, 3.05) is 13.1 Å². The van der Waals surface area contributed by atoms with Crippen LogP contribution in [0.1, 0.15) is 24.8 Å². The molecule has 2 rings (SSSR count). The van der Waals surface area contributed by atoms with Crippen LogP contribution in [0.3, 0.4) is 0 Å². The van der Waals surface area contributed by atoms with Gasteiger partial charge in [-0.1, -0.05) is 6.07 Å². The zero-order valence-corrected chi connectivity index (χ0v) is 10.2. The topological polar surface area (TPSA) is 29.1 Å². The van der Waals surface area contributed by atoms with Crippen LogP contribution in [0, 0.1) is 17.6 Å². The van der Waals surface area contributed by atoms with E-state index in [1.807, 2.05) is 0 Å². The molecule has 0 amide bonds. The Kier molecular flexibility index (Phi) is 4.42. The lowest BCUT2D eigenvalue weighted by molar-refractivity contribution is -0.119. The van der Waals surface area contributed by atoms with Crippen molar-refractivity contribution in [2.24, 2.45) is 5.92 Å². The van der Waals surface area contributed by atoms with Crippen LogP contribution in [0.2, 0.25) is 0 Å². The predicted octanol–water partition coefficient (Wildman–Crippen LogP) is 2.47. The summed E-state index contributed by atoms with van der Waals surface area (Å²) in [5.41, 5.74) is 0.283. The molecule has 1 saturated heterocycles. The lowest BCUT2D eigenvalue weighted by Crippen LogP contribution is -2.31. The molecule has 1 unspecified atom stereocenters. The Morgan fingerprint density at radius 2 is 2.22 bits per heavy atom. The molecule has 1 N–H and O–H groups in total. The number of benzene rings is 1. The number of carbonyl (C=O) groups is 1. The first-order valence-corrected chi connectivity index (χ1v) is 6.31. The van der Waals surface area contributed by atoms with Gasteiger partial charge >= 0.3 is 0 Å². The molecule has 2 nitrogen and oxygen atoms in total. The Labute approximate surface area is 105 Å². The highest BCUT2D eigenvalue weighted by molar-refractivity contribution is 5.81. The third kappa shape index (κ3) is 3.60. The van der Waals surface area contributed by atoms with Gasteiger partial charge in [0.1, 0.15) is 17.4 Å². The highest BCUT2D eigenvalue weighted by Crippen LogP contribution is 2.17. The van der Waals surface area contributed by atoms with Gasteiger partial charge < -0.3 is 5.32 Å². The van der Waals surface area contributed by atoms with E-state index in [0.717, 1.165) is 32.0 Å². The van der Waals surface area contributed by atoms with E-state index < -0.39 is 11.6 Å². The Morgan fingerprint density at radius 1 is 1.39 bits per heavy atom. The quantitative estimate of drug-likeness (QED) is 0.893. The highest BCUT2D eigenvalue weighted by Gasteiger charge is 2.17. The van der Waals surface area contributed by atoms with Crippen molar-refractivity contribution in [1.82, 2.24) is 5.32 Å². The molecule has 1 aromatic carbocycles. The summed E-state index contributed by atoms with van der Waals surface area (Å²) in [5, 5.41) is 3.25. The number of halogens is 2. The second kappa shape index (κ2) is 6.05. The predicted molar refractivity (Wildman–Crippen MR) is 65.3 cm³/mol. The van der Waals surface area contributed by atoms with E-state index in [2.05, 4.69) is 5.32 Å². The number of hydrogen-bond donors (Lipinski definition) is 1. The molecule has 1 aromatic rings. The maximum absolute atomic E-state index is 13.4. The third-order valence-corrected chi connectivity index (χ3v) is 3.32. The monoisotopic (exact) mass is 253 g/mol. The molecule has 1 atom stereocenters. The molecule has 1 aliphatic heterocycles. The van der Waals surface area contributed by atoms with Crippen LogP contribution in [0.25, 0.3) is 0 Å². The maximum Gasteiger partial charge on any atom is 0.137 e. The molecule has 1 heterocycles. The van der Waals surface area contributed by atoms with E-state index in [0.29, 0.717) is 12.3 Å². The van der Waals surface area contributed by atoms with Gasteiger partial charge in [-0.3, -0.25) is 4.79 Å². The van der Waals surface area contributed by atoms with E-state index in [1.54, 1.807) is 0 Å². The number of nitrogens with one attached hydrogen (secondary N) is 1. The summed E-state index contributed by atoms with van der Waals surface area (Å²) < 4.78 is 26.1. The van der Waals surface area contributed by atoms with E-state index in [4.69, 9.17) is 0 Å². The minimum atomic E-state index is -0.634.